The summed E-state index contributed by atoms with van der Waals surface area (Å²) in [7, 11) is 3.14. The van der Waals surface area contributed by atoms with Gasteiger partial charge >= 0.3 is 0 Å². The zero-order chi connectivity index (χ0) is 15.5. The maximum absolute atomic E-state index is 12.8. The largest absolute Gasteiger partial charge is 0.493 e. The molecule has 0 spiro atoms. The van der Waals surface area contributed by atoms with Gasteiger partial charge in [0, 0.05) is 12.1 Å². The predicted octanol–water partition coefficient (Wildman–Crippen LogP) is 3.27. The lowest BCUT2D eigenvalue weighted by molar-refractivity contribution is 0.0719. The lowest BCUT2D eigenvalue weighted by atomic mass is 10.1. The predicted molar refractivity (Wildman–Crippen MR) is 81.3 cm³/mol. The van der Waals surface area contributed by atoms with Crippen LogP contribution in [0.25, 0.3) is 0 Å². The number of likely N-dealkylation sites (tertiary alicyclic amines) is 1. The van der Waals surface area contributed by atoms with Gasteiger partial charge in [-0.15, -0.1) is 0 Å². The second kappa shape index (κ2) is 6.13. The highest BCUT2D eigenvalue weighted by Crippen LogP contribution is 2.35. The third-order valence-corrected chi connectivity index (χ3v) is 4.02. The molecule has 1 aliphatic heterocycles. The van der Waals surface area contributed by atoms with Crippen LogP contribution in [-0.4, -0.2) is 31.6 Å². The molecular weight excluding hydrogens is 282 g/mol. The van der Waals surface area contributed by atoms with Crippen molar-refractivity contribution in [2.24, 2.45) is 0 Å². The number of carbonyl (C=O) groups is 1. The van der Waals surface area contributed by atoms with Crippen LogP contribution in [0, 0.1) is 0 Å². The van der Waals surface area contributed by atoms with E-state index in [4.69, 9.17) is 13.9 Å². The minimum absolute atomic E-state index is 0.00981. The highest BCUT2D eigenvalue weighted by molar-refractivity contribution is 5.95. The van der Waals surface area contributed by atoms with Crippen molar-refractivity contribution in [2.45, 2.75) is 18.9 Å². The smallest absolute Gasteiger partial charge is 0.254 e. The normalized spacial score (nSPS) is 17.5. The summed E-state index contributed by atoms with van der Waals surface area (Å²) in [6, 6.07) is 9.03. The van der Waals surface area contributed by atoms with Gasteiger partial charge in [0.2, 0.25) is 0 Å². The maximum atomic E-state index is 12.8. The fourth-order valence-corrected chi connectivity index (χ4v) is 2.92. The van der Waals surface area contributed by atoms with Gasteiger partial charge in [-0.3, -0.25) is 4.79 Å². The summed E-state index contributed by atoms with van der Waals surface area (Å²) >= 11 is 0. The molecule has 1 amide bonds. The number of nitrogens with zero attached hydrogens (tertiary/aromatic N) is 1. The Balaban J connectivity index is 1.87. The highest BCUT2D eigenvalue weighted by atomic mass is 16.5. The average molecular weight is 301 g/mol. The molecule has 0 bridgehead atoms. The van der Waals surface area contributed by atoms with Crippen LogP contribution in [0.15, 0.2) is 41.0 Å². The van der Waals surface area contributed by atoms with Gasteiger partial charge < -0.3 is 18.8 Å². The van der Waals surface area contributed by atoms with E-state index in [1.54, 1.807) is 38.7 Å². The monoisotopic (exact) mass is 301 g/mol. The number of amides is 1. The number of carbonyl (C=O) groups excluding carboxylic acids is 1. The van der Waals surface area contributed by atoms with Gasteiger partial charge in [0.15, 0.2) is 11.5 Å². The number of hydrogen-bond acceptors (Lipinski definition) is 4. The van der Waals surface area contributed by atoms with Gasteiger partial charge in [-0.05, 0) is 43.2 Å². The van der Waals surface area contributed by atoms with Crippen molar-refractivity contribution >= 4 is 5.91 Å². The molecule has 2 heterocycles. The van der Waals surface area contributed by atoms with Crippen molar-refractivity contribution in [3.63, 3.8) is 0 Å². The summed E-state index contributed by atoms with van der Waals surface area (Å²) in [4.78, 5) is 14.7. The van der Waals surface area contributed by atoms with Crippen molar-refractivity contribution < 1.29 is 18.7 Å². The fraction of sp³-hybridized carbons (Fsp3) is 0.353. The molecule has 1 fully saturated rings. The Kier molecular flexibility index (Phi) is 4.04. The minimum atomic E-state index is -0.0140. The first-order valence-corrected chi connectivity index (χ1v) is 7.31. The Morgan fingerprint density at radius 1 is 1.23 bits per heavy atom. The van der Waals surface area contributed by atoms with E-state index in [1.807, 2.05) is 17.0 Å². The third kappa shape index (κ3) is 2.54. The summed E-state index contributed by atoms with van der Waals surface area (Å²) < 4.78 is 16.0. The van der Waals surface area contributed by atoms with Crippen molar-refractivity contribution in [1.82, 2.24) is 4.90 Å². The quantitative estimate of drug-likeness (QED) is 0.869. The van der Waals surface area contributed by atoms with Crippen molar-refractivity contribution in [3.8, 4) is 11.5 Å². The molecule has 3 rings (SSSR count). The van der Waals surface area contributed by atoms with E-state index >= 15 is 0 Å². The number of methoxy groups -OCH3 is 2. The Morgan fingerprint density at radius 3 is 2.73 bits per heavy atom. The molecule has 1 aromatic heterocycles. The Hall–Kier alpha value is -2.43. The molecule has 0 saturated carbocycles. The maximum Gasteiger partial charge on any atom is 0.254 e. The van der Waals surface area contributed by atoms with Gasteiger partial charge in [-0.2, -0.15) is 0 Å². The molecule has 1 aliphatic rings. The molecule has 5 heteroatoms. The Bertz CT molecular complexity index is 651. The number of benzene rings is 1. The van der Waals surface area contributed by atoms with Crippen molar-refractivity contribution in [1.29, 1.82) is 0 Å². The van der Waals surface area contributed by atoms with Crippen LogP contribution in [0.1, 0.15) is 35.0 Å². The van der Waals surface area contributed by atoms with Gasteiger partial charge in [0.1, 0.15) is 5.76 Å². The van der Waals surface area contributed by atoms with E-state index in [0.29, 0.717) is 17.1 Å². The molecule has 0 radical (unpaired) electrons. The summed E-state index contributed by atoms with van der Waals surface area (Å²) in [5.74, 6) is 2.00. The van der Waals surface area contributed by atoms with E-state index in [2.05, 4.69) is 0 Å². The first-order valence-electron chi connectivity index (χ1n) is 7.31. The van der Waals surface area contributed by atoms with Crippen LogP contribution in [0.3, 0.4) is 0 Å². The van der Waals surface area contributed by atoms with Gasteiger partial charge in [0.05, 0.1) is 26.5 Å². The Morgan fingerprint density at radius 2 is 2.05 bits per heavy atom. The summed E-state index contributed by atoms with van der Waals surface area (Å²) in [6.45, 7) is 0.735. The zero-order valence-electron chi connectivity index (χ0n) is 12.7. The average Bonchev–Trinajstić information content (AvgIpc) is 3.23. The van der Waals surface area contributed by atoms with Crippen LogP contribution in [0.4, 0.5) is 0 Å². The molecule has 1 atom stereocenters. The van der Waals surface area contributed by atoms with Gasteiger partial charge in [-0.25, -0.2) is 0 Å². The summed E-state index contributed by atoms with van der Waals surface area (Å²) in [5, 5.41) is 0. The minimum Gasteiger partial charge on any atom is -0.493 e. The summed E-state index contributed by atoms with van der Waals surface area (Å²) in [6.07, 6.45) is 3.55. The summed E-state index contributed by atoms with van der Waals surface area (Å²) in [5.41, 5.74) is 0.594. The third-order valence-electron chi connectivity index (χ3n) is 4.02. The topological polar surface area (TPSA) is 51.9 Å². The lowest BCUT2D eigenvalue weighted by Gasteiger charge is -2.23. The van der Waals surface area contributed by atoms with Crippen LogP contribution in [-0.2, 0) is 0 Å². The lowest BCUT2D eigenvalue weighted by Crippen LogP contribution is -2.30. The van der Waals surface area contributed by atoms with E-state index in [-0.39, 0.29) is 11.9 Å². The first-order chi connectivity index (χ1) is 10.7. The SMILES string of the molecule is COc1ccc(C(=O)N2CCC[C@@H]2c2ccco2)cc1OC. The van der Waals surface area contributed by atoms with Crippen LogP contribution in [0.2, 0.25) is 0 Å². The van der Waals surface area contributed by atoms with E-state index < -0.39 is 0 Å². The van der Waals surface area contributed by atoms with Crippen molar-refractivity contribution in [2.75, 3.05) is 20.8 Å². The van der Waals surface area contributed by atoms with E-state index in [1.165, 1.54) is 0 Å². The van der Waals surface area contributed by atoms with Crippen LogP contribution >= 0.6 is 0 Å². The second-order valence-electron chi connectivity index (χ2n) is 5.24. The molecule has 0 aliphatic carbocycles. The van der Waals surface area contributed by atoms with Crippen LogP contribution in [0.5, 0.6) is 11.5 Å². The zero-order valence-corrected chi connectivity index (χ0v) is 12.7. The molecule has 5 nitrogen and oxygen atoms in total. The molecular formula is C17H19NO4. The van der Waals surface area contributed by atoms with E-state index in [0.717, 1.165) is 25.1 Å². The first kappa shape index (κ1) is 14.5. The second-order valence-corrected chi connectivity index (χ2v) is 5.24. The van der Waals surface area contributed by atoms with Gasteiger partial charge in [0.25, 0.3) is 5.91 Å². The fourth-order valence-electron chi connectivity index (χ4n) is 2.92. The standard InChI is InChI=1S/C17H19NO4/c1-20-15-8-7-12(11-16(15)21-2)17(19)18-9-3-5-13(18)14-6-4-10-22-14/h4,6-8,10-11,13H,3,5,9H2,1-2H3/t13-/m1/s1. The molecule has 0 unspecified atom stereocenters. The number of ether oxygens (including phenoxy) is 2. The number of hydrogen-bond donors (Lipinski definition) is 0. The van der Waals surface area contributed by atoms with E-state index in [9.17, 15) is 4.79 Å². The number of rotatable bonds is 4. The molecule has 0 N–H and O–H groups in total. The number of furan rings is 1. The molecule has 2 aromatic rings. The van der Waals surface area contributed by atoms with Gasteiger partial charge in [-0.1, -0.05) is 0 Å². The molecule has 22 heavy (non-hydrogen) atoms. The molecule has 116 valence electrons. The van der Waals surface area contributed by atoms with Crippen LogP contribution < -0.4 is 9.47 Å². The molecule has 1 aromatic carbocycles. The Labute approximate surface area is 129 Å². The highest BCUT2D eigenvalue weighted by Gasteiger charge is 2.32. The van der Waals surface area contributed by atoms with Crippen molar-refractivity contribution in [3.05, 3.63) is 47.9 Å². The molecule has 1 saturated heterocycles.